The van der Waals surface area contributed by atoms with Gasteiger partial charge in [0.1, 0.15) is 11.2 Å². The van der Waals surface area contributed by atoms with Gasteiger partial charge in [0.05, 0.1) is 11.0 Å². The van der Waals surface area contributed by atoms with Crippen LogP contribution in [0, 0.1) is 17.8 Å². The largest absolute Gasteiger partial charge is 0.456 e. The Bertz CT molecular complexity index is 2430. The second kappa shape index (κ2) is 8.99. The average molecular weight is 509 g/mol. The molecule has 0 saturated heterocycles. The highest BCUT2D eigenvalue weighted by Crippen LogP contribution is 2.43. The molecule has 0 aliphatic heterocycles. The van der Waals surface area contributed by atoms with E-state index in [2.05, 4.69) is 12.1 Å². The third-order valence-electron chi connectivity index (χ3n) is 8.04. The van der Waals surface area contributed by atoms with Gasteiger partial charge < -0.3 is 4.42 Å². The minimum Gasteiger partial charge on any atom is -0.456 e. The molecule has 1 heteroatoms. The number of rotatable bonds is 3. The number of hydrogen-bond donors (Lipinski definition) is 0. The molecule has 0 radical (unpaired) electrons. The molecule has 4 aromatic carbocycles. The molecule has 186 valence electrons. The van der Waals surface area contributed by atoms with Crippen molar-refractivity contribution in [2.45, 2.75) is 6.42 Å². The average Bonchev–Trinajstić information content (AvgIpc) is 3.49. The fourth-order valence-corrected chi connectivity index (χ4v) is 6.36. The summed E-state index contributed by atoms with van der Waals surface area (Å²) in [5, 5.41) is 2.65. The van der Waals surface area contributed by atoms with Crippen LogP contribution in [-0.4, -0.2) is 0 Å². The van der Waals surface area contributed by atoms with Crippen molar-refractivity contribution in [3.8, 4) is 0 Å². The highest BCUT2D eigenvalue weighted by atomic mass is 16.3. The minimum absolute atomic E-state index is 0.115. The van der Waals surface area contributed by atoms with Crippen molar-refractivity contribution in [1.82, 2.24) is 0 Å². The summed E-state index contributed by atoms with van der Waals surface area (Å²) in [7, 11) is 0. The summed E-state index contributed by atoms with van der Waals surface area (Å²) < 4.78 is 77.2. The van der Waals surface area contributed by atoms with E-state index in [0.717, 1.165) is 33.1 Å². The van der Waals surface area contributed by atoms with Crippen LogP contribution in [0.5, 0.6) is 0 Å². The van der Waals surface area contributed by atoms with Gasteiger partial charge in [-0.2, -0.15) is 0 Å². The standard InChI is InChI=1S/C38H28O/c1-2-11-26(12-3-1)36-29-13-4-6-15-31(29)37(32-16-7-5-14-30(32)36)27-23-21-25(22-24-27)28-18-10-20-35-38(28)33-17-8-9-19-34(33)39-35/h1-23,27,29,31H,24H2/i4D,5D,6D,7D,13D,14D,15D,16D. The fourth-order valence-electron chi connectivity index (χ4n) is 6.36. The molecule has 1 aromatic heterocycles. The predicted octanol–water partition coefficient (Wildman–Crippen LogP) is 7.97. The van der Waals surface area contributed by atoms with E-state index < -0.39 is 11.8 Å². The van der Waals surface area contributed by atoms with E-state index in [-0.39, 0.29) is 54.3 Å². The molecule has 3 atom stereocenters. The number of para-hydroxylation sites is 1. The van der Waals surface area contributed by atoms with Gasteiger partial charge in [0.2, 0.25) is 0 Å². The molecule has 1 nitrogen and oxygen atoms in total. The Morgan fingerprint density at radius 3 is 2.36 bits per heavy atom. The van der Waals surface area contributed by atoms with Crippen LogP contribution >= 0.6 is 0 Å². The topological polar surface area (TPSA) is 13.1 Å². The Kier molecular flexibility index (Phi) is 3.62. The van der Waals surface area contributed by atoms with E-state index >= 15 is 0 Å². The van der Waals surface area contributed by atoms with Crippen molar-refractivity contribution >= 4 is 38.7 Å². The summed E-state index contributed by atoms with van der Waals surface area (Å²) in [6, 6.07) is 21.0. The second-order valence-corrected chi connectivity index (χ2v) is 10.1. The van der Waals surface area contributed by atoms with Crippen molar-refractivity contribution in [3.63, 3.8) is 0 Å². The van der Waals surface area contributed by atoms with Gasteiger partial charge in [-0.15, -0.1) is 0 Å². The van der Waals surface area contributed by atoms with E-state index in [1.165, 1.54) is 0 Å². The number of benzene rings is 4. The van der Waals surface area contributed by atoms with Gasteiger partial charge in [0.25, 0.3) is 0 Å². The zero-order chi connectivity index (χ0) is 32.7. The van der Waals surface area contributed by atoms with Crippen LogP contribution in [0.4, 0.5) is 0 Å². The first-order valence-corrected chi connectivity index (χ1v) is 13.2. The molecule has 39 heavy (non-hydrogen) atoms. The SMILES string of the molecule is [2H]C1=C([2H])C2C(c3ccccc3)=c3c([2H])c([2H])c([2H])c([2H])c3=C(C3C=CC(c4cccc5oc6ccccc6c45)=CC3)C2C([2H])=C1[2H]. The lowest BCUT2D eigenvalue weighted by Gasteiger charge is -2.36. The van der Waals surface area contributed by atoms with Crippen molar-refractivity contribution < 1.29 is 15.4 Å². The number of furan rings is 1. The van der Waals surface area contributed by atoms with Crippen molar-refractivity contribution in [2.24, 2.45) is 17.8 Å². The Balaban J connectivity index is 1.40. The molecule has 0 amide bonds. The Labute approximate surface area is 239 Å². The maximum absolute atomic E-state index is 9.19. The number of hydrogen-bond acceptors (Lipinski definition) is 1. The molecule has 8 rings (SSSR count). The lowest BCUT2D eigenvalue weighted by molar-refractivity contribution is 0.629. The van der Waals surface area contributed by atoms with Crippen molar-refractivity contribution in [2.75, 3.05) is 0 Å². The third-order valence-corrected chi connectivity index (χ3v) is 8.04. The summed E-state index contributed by atoms with van der Waals surface area (Å²) in [6.45, 7) is 0. The molecule has 3 unspecified atom stereocenters. The molecule has 0 spiro atoms. The van der Waals surface area contributed by atoms with Gasteiger partial charge in [-0.25, -0.2) is 0 Å². The van der Waals surface area contributed by atoms with Gasteiger partial charge in [-0.1, -0.05) is 127 Å². The third kappa shape index (κ3) is 3.54. The van der Waals surface area contributed by atoms with Crippen LogP contribution in [0.3, 0.4) is 0 Å². The molecule has 0 saturated carbocycles. The maximum atomic E-state index is 9.19. The minimum atomic E-state index is -0.863. The summed E-state index contributed by atoms with van der Waals surface area (Å²) in [4.78, 5) is 0. The number of allylic oxidation sites excluding steroid dienone is 8. The van der Waals surface area contributed by atoms with Crippen LogP contribution in [0.15, 0.2) is 144 Å². The molecule has 0 N–H and O–H groups in total. The quantitative estimate of drug-likeness (QED) is 0.241. The van der Waals surface area contributed by atoms with Gasteiger partial charge in [-0.05, 0) is 56.8 Å². The first-order valence-electron chi connectivity index (χ1n) is 17.2. The van der Waals surface area contributed by atoms with Crippen LogP contribution in [0.1, 0.15) is 28.5 Å². The van der Waals surface area contributed by atoms with Crippen molar-refractivity contribution in [1.29, 1.82) is 0 Å². The zero-order valence-corrected chi connectivity index (χ0v) is 21.0. The fraction of sp³-hybridized carbons (Fsp3) is 0.105. The molecule has 1 heterocycles. The van der Waals surface area contributed by atoms with E-state index in [4.69, 9.17) is 14.0 Å². The highest BCUT2D eigenvalue weighted by molar-refractivity contribution is 6.11. The molecule has 5 aromatic rings. The van der Waals surface area contributed by atoms with E-state index in [9.17, 15) is 1.37 Å². The van der Waals surface area contributed by atoms with Crippen LogP contribution in [0.2, 0.25) is 0 Å². The van der Waals surface area contributed by atoms with Gasteiger partial charge in [0.15, 0.2) is 0 Å². The van der Waals surface area contributed by atoms with Crippen LogP contribution in [0.25, 0.3) is 38.7 Å². The van der Waals surface area contributed by atoms with E-state index in [0.29, 0.717) is 33.6 Å². The number of fused-ring (bicyclic) bond motifs is 5. The first-order chi connectivity index (χ1) is 22.7. The zero-order valence-electron chi connectivity index (χ0n) is 29.0. The lowest BCUT2D eigenvalue weighted by atomic mass is 9.67. The van der Waals surface area contributed by atoms with E-state index in [1.807, 2.05) is 78.9 Å². The highest BCUT2D eigenvalue weighted by Gasteiger charge is 2.34. The summed E-state index contributed by atoms with van der Waals surface area (Å²) in [5.41, 5.74) is 5.32. The lowest BCUT2D eigenvalue weighted by Crippen LogP contribution is -2.41. The molecule has 0 bridgehead atoms. The van der Waals surface area contributed by atoms with Gasteiger partial charge >= 0.3 is 0 Å². The Morgan fingerprint density at radius 1 is 0.744 bits per heavy atom. The second-order valence-electron chi connectivity index (χ2n) is 10.1. The molecular formula is C38H28O. The summed E-state index contributed by atoms with van der Waals surface area (Å²) in [6.07, 6.45) is 6.61. The molecule has 3 aliphatic carbocycles. The van der Waals surface area contributed by atoms with Crippen molar-refractivity contribution in [3.05, 3.63) is 161 Å². The summed E-state index contributed by atoms with van der Waals surface area (Å²) in [5.74, 6) is -2.09. The molecule has 0 fully saturated rings. The maximum Gasteiger partial charge on any atom is 0.136 e. The Morgan fingerprint density at radius 2 is 1.51 bits per heavy atom. The summed E-state index contributed by atoms with van der Waals surface area (Å²) >= 11 is 0. The van der Waals surface area contributed by atoms with Crippen LogP contribution in [-0.2, 0) is 0 Å². The van der Waals surface area contributed by atoms with Gasteiger partial charge in [-0.3, -0.25) is 0 Å². The monoisotopic (exact) mass is 508 g/mol. The first kappa shape index (κ1) is 15.7. The van der Waals surface area contributed by atoms with Gasteiger partial charge in [0, 0.05) is 28.5 Å². The molecule has 3 aliphatic rings. The predicted molar refractivity (Wildman–Crippen MR) is 162 cm³/mol. The normalized spacial score (nSPS) is 25.6. The Hall–Kier alpha value is -4.62. The van der Waals surface area contributed by atoms with E-state index in [1.54, 1.807) is 0 Å². The smallest absolute Gasteiger partial charge is 0.136 e. The van der Waals surface area contributed by atoms with Crippen LogP contribution < -0.4 is 10.4 Å². The molecular weight excluding hydrogens is 472 g/mol.